The minimum absolute atomic E-state index is 0.102. The maximum atomic E-state index is 12.5. The van der Waals surface area contributed by atoms with Gasteiger partial charge in [-0.15, -0.1) is 10.2 Å². The van der Waals surface area contributed by atoms with E-state index in [0.29, 0.717) is 6.42 Å². The van der Waals surface area contributed by atoms with Gasteiger partial charge in [0, 0.05) is 17.2 Å². The summed E-state index contributed by atoms with van der Waals surface area (Å²) in [4.78, 5) is 0. The van der Waals surface area contributed by atoms with E-state index in [4.69, 9.17) is 10.7 Å². The van der Waals surface area contributed by atoms with Crippen molar-refractivity contribution in [3.8, 4) is 0 Å². The topological polar surface area (TPSA) is 64.8 Å². The maximum absolute atomic E-state index is 12.5. The van der Waals surface area contributed by atoms with E-state index in [0.717, 1.165) is 11.0 Å². The molecule has 1 rings (SSSR count). The van der Waals surface area contributed by atoms with Gasteiger partial charge in [0.1, 0.15) is 0 Å². The first kappa shape index (κ1) is 13.3. The van der Waals surface area contributed by atoms with Crippen LogP contribution in [0.25, 0.3) is 0 Å². The third-order valence-electron chi connectivity index (χ3n) is 1.89. The molecule has 0 aliphatic carbocycles. The molecular weight excluding hydrogens is 264 g/mol. The molecule has 1 heterocycles. The molecule has 0 spiro atoms. The van der Waals surface area contributed by atoms with Gasteiger partial charge in [0.05, 0.1) is 0 Å². The summed E-state index contributed by atoms with van der Waals surface area (Å²) in [5, 5.41) is 5.68. The van der Waals surface area contributed by atoms with Crippen molar-refractivity contribution in [1.82, 2.24) is 14.8 Å². The average Bonchev–Trinajstić information content (AvgIpc) is 2.57. The number of hydrogen-bond acceptors (Lipinski definition) is 4. The van der Waals surface area contributed by atoms with E-state index in [2.05, 4.69) is 10.2 Å². The molecule has 0 atom stereocenters. The SMILES string of the molecule is CCCCn1c(C(F)F)nnc1S(=O)(=O)Cl. The van der Waals surface area contributed by atoms with E-state index in [9.17, 15) is 17.2 Å². The van der Waals surface area contributed by atoms with Crippen LogP contribution in [0.2, 0.25) is 0 Å². The van der Waals surface area contributed by atoms with Gasteiger partial charge in [-0.25, -0.2) is 17.2 Å². The molecule has 0 radical (unpaired) electrons. The summed E-state index contributed by atoms with van der Waals surface area (Å²) in [6, 6.07) is 0. The van der Waals surface area contributed by atoms with Crippen molar-refractivity contribution in [2.24, 2.45) is 0 Å². The van der Waals surface area contributed by atoms with Crippen LogP contribution in [0.5, 0.6) is 0 Å². The number of nitrogens with zero attached hydrogens (tertiary/aromatic N) is 3. The molecule has 0 aliphatic heterocycles. The lowest BCUT2D eigenvalue weighted by Crippen LogP contribution is -2.10. The summed E-state index contributed by atoms with van der Waals surface area (Å²) in [6.45, 7) is 1.95. The van der Waals surface area contributed by atoms with Crippen LogP contribution in [0.3, 0.4) is 0 Å². The molecule has 0 amide bonds. The van der Waals surface area contributed by atoms with Crippen molar-refractivity contribution in [3.05, 3.63) is 5.82 Å². The van der Waals surface area contributed by atoms with Crippen LogP contribution in [-0.4, -0.2) is 23.2 Å². The maximum Gasteiger partial charge on any atom is 0.297 e. The summed E-state index contributed by atoms with van der Waals surface area (Å²) >= 11 is 0. The summed E-state index contributed by atoms with van der Waals surface area (Å²) < 4.78 is 47.9. The quantitative estimate of drug-likeness (QED) is 0.769. The van der Waals surface area contributed by atoms with Gasteiger partial charge in [0.2, 0.25) is 5.82 Å². The monoisotopic (exact) mass is 273 g/mol. The predicted molar refractivity (Wildman–Crippen MR) is 52.9 cm³/mol. The highest BCUT2D eigenvalue weighted by molar-refractivity contribution is 8.13. The standard InChI is InChI=1S/C7H10ClF2N3O2S/c1-2-3-4-13-6(5(9)10)11-12-7(13)16(8,14)15/h5H,2-4H2,1H3. The van der Waals surface area contributed by atoms with Gasteiger partial charge in [-0.2, -0.15) is 0 Å². The zero-order valence-corrected chi connectivity index (χ0v) is 9.97. The molecule has 9 heteroatoms. The van der Waals surface area contributed by atoms with E-state index in [1.807, 2.05) is 6.92 Å². The number of hydrogen-bond donors (Lipinski definition) is 0. The number of unbranched alkanes of at least 4 members (excludes halogenated alkanes) is 1. The summed E-state index contributed by atoms with van der Waals surface area (Å²) in [5.74, 6) is -0.673. The van der Waals surface area contributed by atoms with E-state index >= 15 is 0 Å². The zero-order chi connectivity index (χ0) is 12.3. The van der Waals surface area contributed by atoms with Gasteiger partial charge >= 0.3 is 0 Å². The first-order chi connectivity index (χ1) is 7.38. The molecule has 16 heavy (non-hydrogen) atoms. The predicted octanol–water partition coefficient (Wildman–Crippen LogP) is 1.94. The smallest absolute Gasteiger partial charge is 0.296 e. The fourth-order valence-corrected chi connectivity index (χ4v) is 2.10. The Labute approximate surface area is 95.8 Å². The van der Waals surface area contributed by atoms with Gasteiger partial charge in [0.25, 0.3) is 20.6 Å². The number of rotatable bonds is 5. The fraction of sp³-hybridized carbons (Fsp3) is 0.714. The summed E-state index contributed by atoms with van der Waals surface area (Å²) in [5.41, 5.74) is 0. The van der Waals surface area contributed by atoms with Crippen LogP contribution in [0.1, 0.15) is 32.0 Å². The first-order valence-electron chi connectivity index (χ1n) is 4.53. The van der Waals surface area contributed by atoms with Gasteiger partial charge < -0.3 is 0 Å². The summed E-state index contributed by atoms with van der Waals surface area (Å²) in [6.07, 6.45) is -1.61. The molecule has 5 nitrogen and oxygen atoms in total. The van der Waals surface area contributed by atoms with Gasteiger partial charge in [-0.1, -0.05) is 13.3 Å². The van der Waals surface area contributed by atoms with Crippen molar-refractivity contribution in [2.45, 2.75) is 37.9 Å². The Balaban J connectivity index is 3.20. The van der Waals surface area contributed by atoms with Crippen LogP contribution in [0.4, 0.5) is 8.78 Å². The number of alkyl halides is 2. The molecule has 0 unspecified atom stereocenters. The molecule has 0 saturated carbocycles. The molecular formula is C7H10ClF2N3O2S. The van der Waals surface area contributed by atoms with Crippen LogP contribution < -0.4 is 0 Å². The Hall–Kier alpha value is -0.760. The van der Waals surface area contributed by atoms with Crippen molar-refractivity contribution in [2.75, 3.05) is 0 Å². The molecule has 0 aromatic carbocycles. The largest absolute Gasteiger partial charge is 0.297 e. The Kier molecular flexibility index (Phi) is 4.20. The van der Waals surface area contributed by atoms with Crippen molar-refractivity contribution < 1.29 is 17.2 Å². The van der Waals surface area contributed by atoms with E-state index < -0.39 is 26.5 Å². The Morgan fingerprint density at radius 3 is 2.50 bits per heavy atom. The highest BCUT2D eigenvalue weighted by atomic mass is 35.7. The molecule has 1 aromatic heterocycles. The molecule has 0 saturated heterocycles. The second-order valence-corrected chi connectivity index (χ2v) is 5.54. The van der Waals surface area contributed by atoms with Crippen molar-refractivity contribution in [3.63, 3.8) is 0 Å². The number of aromatic nitrogens is 3. The third kappa shape index (κ3) is 2.88. The second-order valence-electron chi connectivity index (χ2n) is 3.08. The number of halogens is 3. The molecule has 0 aliphatic rings. The van der Waals surface area contributed by atoms with Crippen LogP contribution in [0.15, 0.2) is 5.16 Å². The first-order valence-corrected chi connectivity index (χ1v) is 6.84. The molecule has 92 valence electrons. The lowest BCUT2D eigenvalue weighted by molar-refractivity contribution is 0.133. The van der Waals surface area contributed by atoms with Crippen molar-refractivity contribution >= 4 is 19.7 Å². The van der Waals surface area contributed by atoms with Gasteiger partial charge in [-0.05, 0) is 6.42 Å². The Morgan fingerprint density at radius 2 is 2.06 bits per heavy atom. The Morgan fingerprint density at radius 1 is 1.44 bits per heavy atom. The van der Waals surface area contributed by atoms with Crippen LogP contribution in [0, 0.1) is 0 Å². The Bertz CT molecular complexity index is 460. The summed E-state index contributed by atoms with van der Waals surface area (Å²) in [7, 11) is 0.916. The fourth-order valence-electron chi connectivity index (χ4n) is 1.17. The lowest BCUT2D eigenvalue weighted by Gasteiger charge is -2.06. The molecule has 1 aromatic rings. The van der Waals surface area contributed by atoms with Crippen molar-refractivity contribution in [1.29, 1.82) is 0 Å². The molecule has 0 fully saturated rings. The lowest BCUT2D eigenvalue weighted by atomic mass is 10.3. The van der Waals surface area contributed by atoms with E-state index in [1.165, 1.54) is 0 Å². The minimum atomic E-state index is -4.15. The normalized spacial score (nSPS) is 12.3. The highest BCUT2D eigenvalue weighted by Crippen LogP contribution is 2.22. The minimum Gasteiger partial charge on any atom is -0.296 e. The zero-order valence-electron chi connectivity index (χ0n) is 8.40. The average molecular weight is 274 g/mol. The van der Waals surface area contributed by atoms with Gasteiger partial charge in [-0.3, -0.25) is 4.57 Å². The molecule has 0 bridgehead atoms. The highest BCUT2D eigenvalue weighted by Gasteiger charge is 2.26. The van der Waals surface area contributed by atoms with E-state index in [1.54, 1.807) is 0 Å². The molecule has 0 N–H and O–H groups in total. The van der Waals surface area contributed by atoms with Crippen LogP contribution >= 0.6 is 10.7 Å². The second kappa shape index (κ2) is 5.05. The van der Waals surface area contributed by atoms with Gasteiger partial charge in [0.15, 0.2) is 0 Å². The van der Waals surface area contributed by atoms with E-state index in [-0.39, 0.29) is 6.54 Å². The van der Waals surface area contributed by atoms with Crippen LogP contribution in [-0.2, 0) is 15.6 Å². The third-order valence-corrected chi connectivity index (χ3v) is 3.05.